The van der Waals surface area contributed by atoms with Gasteiger partial charge in [0, 0.05) is 73.9 Å². The molecule has 2 bridgehead atoms. The lowest BCUT2D eigenvalue weighted by Crippen LogP contribution is -2.45. The average molecular weight is 802 g/mol. The van der Waals surface area contributed by atoms with Gasteiger partial charge in [0.1, 0.15) is 47.5 Å². The van der Waals surface area contributed by atoms with E-state index in [0.717, 1.165) is 96.7 Å². The van der Waals surface area contributed by atoms with Crippen molar-refractivity contribution in [1.82, 2.24) is 50.9 Å². The molecule has 7 heterocycles. The van der Waals surface area contributed by atoms with E-state index in [-0.39, 0.29) is 29.9 Å². The predicted molar refractivity (Wildman–Crippen MR) is 219 cm³/mol. The number of benzene rings is 2. The highest BCUT2D eigenvalue weighted by molar-refractivity contribution is 5.96. The number of halogens is 1. The Hall–Kier alpha value is -4.83. The van der Waals surface area contributed by atoms with Gasteiger partial charge in [-0.2, -0.15) is 9.97 Å². The Morgan fingerprint density at radius 1 is 0.983 bits per heavy atom. The summed E-state index contributed by atoms with van der Waals surface area (Å²) in [4.78, 5) is 26.2. The predicted octanol–water partition coefficient (Wildman–Crippen LogP) is 5.15. The van der Waals surface area contributed by atoms with Crippen molar-refractivity contribution in [1.29, 1.82) is 0 Å². The quantitative estimate of drug-likeness (QED) is 0.162. The molecule has 14 nitrogen and oxygen atoms in total. The molecule has 5 unspecified atom stereocenters. The van der Waals surface area contributed by atoms with E-state index in [1.165, 1.54) is 5.56 Å². The smallest absolute Gasteiger partial charge is 0.319 e. The van der Waals surface area contributed by atoms with Crippen LogP contribution in [0.4, 0.5) is 10.2 Å². The topological polar surface area (TPSA) is 149 Å². The van der Waals surface area contributed by atoms with Gasteiger partial charge in [0.25, 0.3) is 0 Å². The minimum Gasteiger partial charge on any atom is -0.486 e. The lowest BCUT2D eigenvalue weighted by Gasteiger charge is -2.41. The second-order valence-corrected chi connectivity index (χ2v) is 17.6. The molecule has 4 saturated heterocycles. The highest BCUT2D eigenvalue weighted by Crippen LogP contribution is 2.55. The Labute approximate surface area is 343 Å². The van der Waals surface area contributed by atoms with E-state index in [1.807, 2.05) is 11.6 Å². The molecule has 0 radical (unpaired) electrons. The number of fused-ring (bicyclic) bond motifs is 4. The van der Waals surface area contributed by atoms with Crippen LogP contribution >= 0.6 is 0 Å². The van der Waals surface area contributed by atoms with Crippen LogP contribution in [0.2, 0.25) is 0 Å². The molecule has 308 valence electrons. The molecule has 3 N–H and O–H groups in total. The number of rotatable bonds is 11. The van der Waals surface area contributed by atoms with Crippen LogP contribution in [-0.2, 0) is 17.9 Å². The molecule has 2 saturated carbocycles. The number of alkyl halides is 1. The maximum absolute atomic E-state index is 16.2. The zero-order valence-electron chi connectivity index (χ0n) is 33.7. The monoisotopic (exact) mass is 801 g/mol. The number of anilines is 1. The minimum absolute atomic E-state index is 0.0270. The van der Waals surface area contributed by atoms with Crippen LogP contribution in [0.3, 0.4) is 0 Å². The fraction of sp³-hybridized carbons (Fsp3) is 0.545. The van der Waals surface area contributed by atoms with Gasteiger partial charge in [-0.1, -0.05) is 31.2 Å². The van der Waals surface area contributed by atoms with Crippen molar-refractivity contribution in [3.8, 4) is 23.3 Å². The maximum Gasteiger partial charge on any atom is 0.319 e. The van der Waals surface area contributed by atoms with Crippen molar-refractivity contribution in [3.05, 3.63) is 77.0 Å². The third-order valence-corrected chi connectivity index (χ3v) is 13.7. The van der Waals surface area contributed by atoms with E-state index in [4.69, 9.17) is 29.3 Å². The SMILES string of the molecule is Cc1nc(-c2cnccn2)nn1Cc1ccc(COc2c(C3C(C)C(F)CC4NNCC43)c(C3CC3)cc3c(N4C[C@@H]5C[C@H]4CN5)nc(OC4CCOCC4)nc23)cc1. The van der Waals surface area contributed by atoms with Crippen LogP contribution < -0.4 is 30.5 Å². The van der Waals surface area contributed by atoms with Gasteiger partial charge in [0.15, 0.2) is 0 Å². The summed E-state index contributed by atoms with van der Waals surface area (Å²) in [5.74, 6) is 3.38. The largest absolute Gasteiger partial charge is 0.486 e. The summed E-state index contributed by atoms with van der Waals surface area (Å²) >= 11 is 0. The molecule has 4 aliphatic heterocycles. The molecule has 7 atom stereocenters. The van der Waals surface area contributed by atoms with E-state index in [2.05, 4.69) is 73.3 Å². The fourth-order valence-corrected chi connectivity index (χ4v) is 10.4. The third-order valence-electron chi connectivity index (χ3n) is 13.7. The first-order valence-corrected chi connectivity index (χ1v) is 21.6. The molecule has 6 fully saturated rings. The van der Waals surface area contributed by atoms with Crippen LogP contribution in [0.5, 0.6) is 11.8 Å². The summed E-state index contributed by atoms with van der Waals surface area (Å²) in [5, 5.41) is 9.38. The van der Waals surface area contributed by atoms with Gasteiger partial charge in [0.05, 0.1) is 26.0 Å². The number of hydrogen-bond donors (Lipinski definition) is 3. The molecular weight excluding hydrogens is 750 g/mol. The second kappa shape index (κ2) is 15.3. The molecule has 15 heteroatoms. The van der Waals surface area contributed by atoms with Gasteiger partial charge in [-0.05, 0) is 79.0 Å². The summed E-state index contributed by atoms with van der Waals surface area (Å²) in [5.41, 5.74) is 12.7. The Bertz CT molecular complexity index is 2320. The first kappa shape index (κ1) is 37.2. The summed E-state index contributed by atoms with van der Waals surface area (Å²) in [7, 11) is 0. The highest BCUT2D eigenvalue weighted by atomic mass is 19.1. The van der Waals surface area contributed by atoms with E-state index < -0.39 is 6.17 Å². The molecule has 0 amide bonds. The summed E-state index contributed by atoms with van der Waals surface area (Å²) in [6.45, 7) is 8.85. The van der Waals surface area contributed by atoms with Crippen molar-refractivity contribution in [2.45, 2.75) is 108 Å². The Balaban J connectivity index is 0.992. The average Bonchev–Trinajstić information content (AvgIpc) is 3.51. The van der Waals surface area contributed by atoms with Gasteiger partial charge in [-0.25, -0.2) is 19.0 Å². The molecule has 2 aliphatic carbocycles. The zero-order chi connectivity index (χ0) is 39.6. The van der Waals surface area contributed by atoms with Gasteiger partial charge >= 0.3 is 6.01 Å². The second-order valence-electron chi connectivity index (χ2n) is 17.6. The number of hydrogen-bond acceptors (Lipinski definition) is 13. The van der Waals surface area contributed by atoms with Crippen LogP contribution in [0.1, 0.15) is 85.4 Å². The molecule has 6 aliphatic rings. The lowest BCUT2D eigenvalue weighted by atomic mass is 9.65. The molecule has 11 rings (SSSR count). The number of ether oxygens (including phenoxy) is 3. The lowest BCUT2D eigenvalue weighted by molar-refractivity contribution is 0.0219. The van der Waals surface area contributed by atoms with E-state index in [9.17, 15) is 0 Å². The Morgan fingerprint density at radius 2 is 1.83 bits per heavy atom. The third kappa shape index (κ3) is 7.09. The number of nitrogens with one attached hydrogen (secondary N) is 3. The molecule has 59 heavy (non-hydrogen) atoms. The maximum atomic E-state index is 16.2. The van der Waals surface area contributed by atoms with Crippen molar-refractivity contribution in [2.75, 3.05) is 37.7 Å². The van der Waals surface area contributed by atoms with Crippen molar-refractivity contribution in [2.24, 2.45) is 11.8 Å². The normalized spacial score (nSPS) is 28.1. The number of aromatic nitrogens is 7. The molecule has 2 aromatic carbocycles. The molecule has 0 spiro atoms. The van der Waals surface area contributed by atoms with Gasteiger partial charge in [-0.3, -0.25) is 15.8 Å². The molecule has 5 aromatic rings. The van der Waals surface area contributed by atoms with Gasteiger partial charge in [0.2, 0.25) is 5.82 Å². The number of nitrogens with zero attached hydrogens (tertiary/aromatic N) is 8. The van der Waals surface area contributed by atoms with Gasteiger partial charge in [-0.15, -0.1) is 5.10 Å². The van der Waals surface area contributed by atoms with E-state index in [0.29, 0.717) is 68.3 Å². The van der Waals surface area contributed by atoms with Crippen LogP contribution in [-0.4, -0.2) is 97.9 Å². The van der Waals surface area contributed by atoms with Crippen LogP contribution in [0.15, 0.2) is 48.9 Å². The fourth-order valence-electron chi connectivity index (χ4n) is 10.4. The van der Waals surface area contributed by atoms with Gasteiger partial charge < -0.3 is 24.4 Å². The first-order chi connectivity index (χ1) is 28.9. The summed E-state index contributed by atoms with van der Waals surface area (Å²) in [6.07, 6.45) is 9.38. The zero-order valence-corrected chi connectivity index (χ0v) is 33.7. The standard InChI is InChI=1S/C44H52FN11O3/c1-24-35(45)17-36-34(19-49-53-36)38(24)39-32(28-7-8-28)16-33-40(51-44(59-31-9-13-57-14-10-31)52-43(33)55-22-29-15-30(55)18-48-29)41(39)58-23-27-5-3-26(4-6-27)21-56-25(2)50-42(54-56)37-20-46-11-12-47-37/h3-6,11-12,16,20,24,28-31,34-36,38,48-49,53H,7-10,13-15,17-19,21-23H2,1-2H3/t24?,29-,30-,34?,35?,36?,38?/m0/s1. The Morgan fingerprint density at radius 3 is 2.59 bits per heavy atom. The summed E-state index contributed by atoms with van der Waals surface area (Å²) < 4.78 is 37.6. The number of hydrazine groups is 1. The number of piperazine rings is 1. The van der Waals surface area contributed by atoms with Crippen LogP contribution in [0, 0.1) is 18.8 Å². The van der Waals surface area contributed by atoms with E-state index >= 15 is 4.39 Å². The first-order valence-electron chi connectivity index (χ1n) is 21.6. The van der Waals surface area contributed by atoms with Crippen molar-refractivity contribution < 1.29 is 18.6 Å². The highest BCUT2D eigenvalue weighted by Gasteiger charge is 2.49. The summed E-state index contributed by atoms with van der Waals surface area (Å²) in [6, 6.07) is 12.0. The van der Waals surface area contributed by atoms with Crippen LogP contribution in [0.25, 0.3) is 22.4 Å². The molecular formula is C44H52FN11O3. The Kier molecular flexibility index (Phi) is 9.66. The number of aryl methyl sites for hydroxylation is 1. The van der Waals surface area contributed by atoms with E-state index in [1.54, 1.807) is 18.6 Å². The molecule has 3 aromatic heterocycles. The minimum atomic E-state index is -0.942. The van der Waals surface area contributed by atoms with Crippen molar-refractivity contribution >= 4 is 16.7 Å². The van der Waals surface area contributed by atoms with Crippen molar-refractivity contribution in [3.63, 3.8) is 0 Å².